The minimum Gasteiger partial charge on any atom is -0.480 e. The third kappa shape index (κ3) is 6.07. The van der Waals surface area contributed by atoms with Crippen molar-refractivity contribution in [1.29, 1.82) is 0 Å². The molecule has 0 spiro atoms. The number of nitrogens with zero attached hydrogens (tertiary/aromatic N) is 1. The first-order chi connectivity index (χ1) is 8.27. The monoisotopic (exact) mass is 259 g/mol. The van der Waals surface area contributed by atoms with Crippen LogP contribution in [-0.2, 0) is 9.59 Å². The van der Waals surface area contributed by atoms with Crippen LogP contribution >= 0.6 is 0 Å². The summed E-state index contributed by atoms with van der Waals surface area (Å²) in [6, 6.07) is -1.52. The summed E-state index contributed by atoms with van der Waals surface area (Å²) in [5.41, 5.74) is 0. The number of carbonyl (C=O) groups is 3. The van der Waals surface area contributed by atoms with Crippen LogP contribution in [-0.4, -0.2) is 54.6 Å². The Balaban J connectivity index is 4.41. The summed E-state index contributed by atoms with van der Waals surface area (Å²) in [6.45, 7) is 3.63. The van der Waals surface area contributed by atoms with Crippen LogP contribution in [0.4, 0.5) is 4.79 Å². The van der Waals surface area contributed by atoms with Crippen molar-refractivity contribution in [2.75, 3.05) is 20.6 Å². The van der Waals surface area contributed by atoms with Crippen molar-refractivity contribution < 1.29 is 19.5 Å². The molecule has 0 saturated heterocycles. The van der Waals surface area contributed by atoms with E-state index >= 15 is 0 Å². The lowest BCUT2D eigenvalue weighted by Crippen LogP contribution is -2.49. The summed E-state index contributed by atoms with van der Waals surface area (Å²) in [6.07, 6.45) is 0.342. The Morgan fingerprint density at radius 3 is 2.22 bits per heavy atom. The molecular formula is C11H21N3O4. The summed E-state index contributed by atoms with van der Waals surface area (Å²) < 4.78 is 0. The molecule has 7 nitrogen and oxygen atoms in total. The van der Waals surface area contributed by atoms with Crippen LogP contribution < -0.4 is 10.6 Å². The molecule has 0 unspecified atom stereocenters. The molecular weight excluding hydrogens is 238 g/mol. The van der Waals surface area contributed by atoms with Crippen molar-refractivity contribution in [2.45, 2.75) is 26.3 Å². The molecule has 0 aromatic heterocycles. The van der Waals surface area contributed by atoms with E-state index in [9.17, 15) is 14.4 Å². The van der Waals surface area contributed by atoms with Gasteiger partial charge in [-0.05, 0) is 12.3 Å². The number of nitrogens with one attached hydrogen (secondary N) is 2. The summed E-state index contributed by atoms with van der Waals surface area (Å²) in [7, 11) is 2.89. The number of carboxylic acids is 1. The number of urea groups is 1. The second kappa shape index (κ2) is 7.52. The molecule has 3 amide bonds. The number of rotatable bonds is 6. The van der Waals surface area contributed by atoms with Crippen LogP contribution in [0.25, 0.3) is 0 Å². The van der Waals surface area contributed by atoms with Crippen LogP contribution in [0.2, 0.25) is 0 Å². The predicted octanol–water partition coefficient (Wildman–Crippen LogP) is -0.127. The number of carboxylic acid groups (broad SMARTS) is 1. The van der Waals surface area contributed by atoms with Gasteiger partial charge in [-0.1, -0.05) is 13.8 Å². The molecule has 0 aliphatic heterocycles. The van der Waals surface area contributed by atoms with E-state index in [1.165, 1.54) is 14.1 Å². The lowest BCUT2D eigenvalue weighted by Gasteiger charge is -2.21. The van der Waals surface area contributed by atoms with Gasteiger partial charge in [-0.25, -0.2) is 9.59 Å². The third-order valence-electron chi connectivity index (χ3n) is 2.31. The molecule has 0 bridgehead atoms. The first-order valence-electron chi connectivity index (χ1n) is 5.73. The fourth-order valence-corrected chi connectivity index (χ4v) is 1.32. The summed E-state index contributed by atoms with van der Waals surface area (Å²) in [5, 5.41) is 13.7. The third-order valence-corrected chi connectivity index (χ3v) is 2.31. The second-order valence-corrected chi connectivity index (χ2v) is 4.50. The maximum absolute atomic E-state index is 11.7. The van der Waals surface area contributed by atoms with E-state index in [0.717, 1.165) is 4.90 Å². The molecule has 0 rings (SSSR count). The fourth-order valence-electron chi connectivity index (χ4n) is 1.32. The van der Waals surface area contributed by atoms with Crippen molar-refractivity contribution in [1.82, 2.24) is 15.5 Å². The molecule has 0 aromatic rings. The zero-order chi connectivity index (χ0) is 14.3. The first kappa shape index (κ1) is 16.2. The topological polar surface area (TPSA) is 98.7 Å². The number of carbonyl (C=O) groups excluding carboxylic acids is 2. The van der Waals surface area contributed by atoms with E-state index < -0.39 is 18.0 Å². The fraction of sp³-hybridized carbons (Fsp3) is 0.727. The highest BCUT2D eigenvalue weighted by Gasteiger charge is 2.23. The van der Waals surface area contributed by atoms with Gasteiger partial charge in [-0.3, -0.25) is 4.79 Å². The van der Waals surface area contributed by atoms with Gasteiger partial charge in [-0.2, -0.15) is 0 Å². The van der Waals surface area contributed by atoms with E-state index in [1.807, 2.05) is 13.8 Å². The van der Waals surface area contributed by atoms with E-state index in [-0.39, 0.29) is 18.4 Å². The van der Waals surface area contributed by atoms with Crippen LogP contribution in [0.1, 0.15) is 20.3 Å². The molecule has 0 radical (unpaired) electrons. The lowest BCUT2D eigenvalue weighted by molar-refractivity contribution is -0.139. The molecule has 0 aliphatic rings. The molecule has 0 aliphatic carbocycles. The lowest BCUT2D eigenvalue weighted by atomic mass is 10.0. The molecule has 3 N–H and O–H groups in total. The Bertz CT molecular complexity index is 317. The van der Waals surface area contributed by atoms with Crippen LogP contribution in [0.3, 0.4) is 0 Å². The standard InChI is InChI=1S/C11H21N3O4/c1-7(2)5-8(10(16)17)13-11(18)14(4)6-9(15)12-3/h7-8H,5-6H2,1-4H3,(H,12,15)(H,13,18)(H,16,17)/t8-/m0/s1. The largest absolute Gasteiger partial charge is 0.480 e. The highest BCUT2D eigenvalue weighted by atomic mass is 16.4. The van der Waals surface area contributed by atoms with Crippen LogP contribution in [0, 0.1) is 5.92 Å². The SMILES string of the molecule is CNC(=O)CN(C)C(=O)N[C@@H](CC(C)C)C(=O)O. The number of hydrogen-bond acceptors (Lipinski definition) is 3. The number of likely N-dealkylation sites (N-methyl/N-ethyl adjacent to an activating group) is 2. The molecule has 0 fully saturated rings. The number of hydrogen-bond donors (Lipinski definition) is 3. The first-order valence-corrected chi connectivity index (χ1v) is 5.73. The molecule has 1 atom stereocenters. The van der Waals surface area contributed by atoms with Gasteiger partial charge in [0.2, 0.25) is 5.91 Å². The Morgan fingerprint density at radius 2 is 1.83 bits per heavy atom. The van der Waals surface area contributed by atoms with E-state index in [1.54, 1.807) is 0 Å². The van der Waals surface area contributed by atoms with Crippen LogP contribution in [0.15, 0.2) is 0 Å². The molecule has 0 heterocycles. The molecule has 0 aromatic carbocycles. The Morgan fingerprint density at radius 1 is 1.28 bits per heavy atom. The zero-order valence-corrected chi connectivity index (χ0v) is 11.2. The minimum absolute atomic E-state index is 0.115. The Kier molecular flexibility index (Phi) is 6.77. The maximum Gasteiger partial charge on any atom is 0.326 e. The number of amides is 3. The second-order valence-electron chi connectivity index (χ2n) is 4.50. The van der Waals surface area contributed by atoms with Gasteiger partial charge in [0.15, 0.2) is 0 Å². The summed E-state index contributed by atoms with van der Waals surface area (Å²) in [5.74, 6) is -1.25. The smallest absolute Gasteiger partial charge is 0.326 e. The van der Waals surface area contributed by atoms with Crippen molar-refractivity contribution in [3.63, 3.8) is 0 Å². The Labute approximate surface area is 107 Å². The predicted molar refractivity (Wildman–Crippen MR) is 66.1 cm³/mol. The van der Waals surface area contributed by atoms with E-state index in [2.05, 4.69) is 10.6 Å². The summed E-state index contributed by atoms with van der Waals surface area (Å²) in [4.78, 5) is 34.8. The van der Waals surface area contributed by atoms with Crippen molar-refractivity contribution in [3.05, 3.63) is 0 Å². The van der Waals surface area contributed by atoms with E-state index in [0.29, 0.717) is 6.42 Å². The van der Waals surface area contributed by atoms with Crippen molar-refractivity contribution in [2.24, 2.45) is 5.92 Å². The van der Waals surface area contributed by atoms with Gasteiger partial charge in [0.25, 0.3) is 0 Å². The quantitative estimate of drug-likeness (QED) is 0.619. The molecule has 0 saturated carbocycles. The van der Waals surface area contributed by atoms with Gasteiger partial charge < -0.3 is 20.6 Å². The molecule has 18 heavy (non-hydrogen) atoms. The number of aliphatic carboxylic acids is 1. The van der Waals surface area contributed by atoms with Crippen LogP contribution in [0.5, 0.6) is 0 Å². The van der Waals surface area contributed by atoms with Gasteiger partial charge >= 0.3 is 12.0 Å². The van der Waals surface area contributed by atoms with E-state index in [4.69, 9.17) is 5.11 Å². The Hall–Kier alpha value is -1.79. The van der Waals surface area contributed by atoms with Gasteiger partial charge in [-0.15, -0.1) is 0 Å². The molecule has 104 valence electrons. The average molecular weight is 259 g/mol. The average Bonchev–Trinajstić information content (AvgIpc) is 2.26. The maximum atomic E-state index is 11.7. The van der Waals surface area contributed by atoms with Crippen molar-refractivity contribution >= 4 is 17.9 Å². The van der Waals surface area contributed by atoms with Crippen molar-refractivity contribution in [3.8, 4) is 0 Å². The highest BCUT2D eigenvalue weighted by Crippen LogP contribution is 2.05. The summed E-state index contributed by atoms with van der Waals surface area (Å²) >= 11 is 0. The highest BCUT2D eigenvalue weighted by molar-refractivity contribution is 5.86. The van der Waals surface area contributed by atoms with Gasteiger partial charge in [0.1, 0.15) is 12.6 Å². The van der Waals surface area contributed by atoms with Gasteiger partial charge in [0.05, 0.1) is 0 Å². The normalized spacial score (nSPS) is 11.8. The minimum atomic E-state index is -1.08. The zero-order valence-electron chi connectivity index (χ0n) is 11.2. The van der Waals surface area contributed by atoms with Gasteiger partial charge in [0, 0.05) is 14.1 Å². The molecule has 7 heteroatoms.